The minimum absolute atomic E-state index is 0.958. The molecular weight excluding hydrogens is 224 g/mol. The van der Waals surface area contributed by atoms with E-state index in [1.807, 2.05) is 12.3 Å². The predicted molar refractivity (Wildman–Crippen MR) is 71.5 cm³/mol. The standard InChI is InChI=1S/C15H14N2O/c1-18-17-15-7-5-12-9-11(4-6-14(12)15)13-3-2-8-16-10-13/h2-4,6,8-10H,5,7H2,1H3. The summed E-state index contributed by atoms with van der Waals surface area (Å²) in [6.45, 7) is 0. The maximum Gasteiger partial charge on any atom is 0.106 e. The summed E-state index contributed by atoms with van der Waals surface area (Å²) >= 11 is 0. The molecule has 3 rings (SSSR count). The van der Waals surface area contributed by atoms with E-state index in [2.05, 4.69) is 34.4 Å². The molecule has 0 atom stereocenters. The highest BCUT2D eigenvalue weighted by molar-refractivity contribution is 6.04. The molecular formula is C15H14N2O. The van der Waals surface area contributed by atoms with Crippen LogP contribution in [0.25, 0.3) is 11.1 Å². The van der Waals surface area contributed by atoms with Crippen LogP contribution >= 0.6 is 0 Å². The van der Waals surface area contributed by atoms with Gasteiger partial charge in [0.05, 0.1) is 5.71 Å². The third-order valence-corrected chi connectivity index (χ3v) is 3.24. The second kappa shape index (κ2) is 4.61. The van der Waals surface area contributed by atoms with Gasteiger partial charge in [-0.2, -0.15) is 0 Å². The SMILES string of the molecule is CON=C1CCc2cc(-c3cccnc3)ccc21. The molecule has 0 unspecified atom stereocenters. The van der Waals surface area contributed by atoms with Crippen molar-refractivity contribution in [1.29, 1.82) is 0 Å². The molecule has 3 nitrogen and oxygen atoms in total. The van der Waals surface area contributed by atoms with Gasteiger partial charge in [-0.05, 0) is 35.6 Å². The molecule has 1 aromatic carbocycles. The van der Waals surface area contributed by atoms with Gasteiger partial charge in [-0.3, -0.25) is 4.98 Å². The van der Waals surface area contributed by atoms with Crippen LogP contribution in [0, 0.1) is 0 Å². The van der Waals surface area contributed by atoms with Crippen molar-refractivity contribution < 1.29 is 4.84 Å². The van der Waals surface area contributed by atoms with E-state index < -0.39 is 0 Å². The van der Waals surface area contributed by atoms with Crippen molar-refractivity contribution in [3.05, 3.63) is 53.9 Å². The van der Waals surface area contributed by atoms with Gasteiger partial charge in [0.1, 0.15) is 7.11 Å². The first-order valence-corrected chi connectivity index (χ1v) is 6.02. The first-order valence-electron chi connectivity index (χ1n) is 6.02. The fraction of sp³-hybridized carbons (Fsp3) is 0.200. The smallest absolute Gasteiger partial charge is 0.106 e. The van der Waals surface area contributed by atoms with Crippen LogP contribution in [-0.4, -0.2) is 17.8 Å². The molecule has 1 heterocycles. The van der Waals surface area contributed by atoms with Crippen LogP contribution < -0.4 is 0 Å². The van der Waals surface area contributed by atoms with E-state index in [-0.39, 0.29) is 0 Å². The Morgan fingerprint density at radius 1 is 1.17 bits per heavy atom. The summed E-state index contributed by atoms with van der Waals surface area (Å²) in [5, 5.41) is 4.07. The zero-order valence-corrected chi connectivity index (χ0v) is 10.3. The molecule has 0 saturated carbocycles. The molecule has 0 bridgehead atoms. The number of nitrogens with zero attached hydrogens (tertiary/aromatic N) is 2. The van der Waals surface area contributed by atoms with E-state index in [1.165, 1.54) is 16.7 Å². The number of rotatable bonds is 2. The van der Waals surface area contributed by atoms with E-state index in [1.54, 1.807) is 13.3 Å². The molecule has 1 aliphatic rings. The highest BCUT2D eigenvalue weighted by atomic mass is 16.6. The fourth-order valence-electron chi connectivity index (χ4n) is 2.39. The molecule has 0 amide bonds. The Morgan fingerprint density at radius 2 is 2.11 bits per heavy atom. The van der Waals surface area contributed by atoms with E-state index in [4.69, 9.17) is 4.84 Å². The molecule has 0 N–H and O–H groups in total. The maximum absolute atomic E-state index is 4.88. The van der Waals surface area contributed by atoms with Crippen LogP contribution in [0.3, 0.4) is 0 Å². The summed E-state index contributed by atoms with van der Waals surface area (Å²) < 4.78 is 0. The highest BCUT2D eigenvalue weighted by Gasteiger charge is 2.18. The van der Waals surface area contributed by atoms with Crippen molar-refractivity contribution >= 4 is 5.71 Å². The number of benzene rings is 1. The van der Waals surface area contributed by atoms with Gasteiger partial charge in [-0.1, -0.05) is 29.4 Å². The number of aryl methyl sites for hydroxylation is 1. The van der Waals surface area contributed by atoms with Crippen LogP contribution in [0.4, 0.5) is 0 Å². The Kier molecular flexibility index (Phi) is 2.81. The minimum Gasteiger partial charge on any atom is -0.399 e. The average molecular weight is 238 g/mol. The monoisotopic (exact) mass is 238 g/mol. The Balaban J connectivity index is 2.01. The van der Waals surface area contributed by atoms with Crippen LogP contribution in [0.1, 0.15) is 17.5 Å². The Labute approximate surface area is 106 Å². The van der Waals surface area contributed by atoms with Crippen LogP contribution in [-0.2, 0) is 11.3 Å². The lowest BCUT2D eigenvalue weighted by atomic mass is 10.0. The predicted octanol–water partition coefficient (Wildman–Crippen LogP) is 3.05. The van der Waals surface area contributed by atoms with Gasteiger partial charge >= 0.3 is 0 Å². The Morgan fingerprint density at radius 3 is 2.89 bits per heavy atom. The van der Waals surface area contributed by atoms with Gasteiger partial charge < -0.3 is 4.84 Å². The summed E-state index contributed by atoms with van der Waals surface area (Å²) in [6, 6.07) is 10.5. The summed E-state index contributed by atoms with van der Waals surface area (Å²) in [6.07, 6.45) is 5.67. The number of hydrogen-bond acceptors (Lipinski definition) is 3. The van der Waals surface area contributed by atoms with Gasteiger partial charge in [0.25, 0.3) is 0 Å². The zero-order valence-electron chi connectivity index (χ0n) is 10.3. The van der Waals surface area contributed by atoms with Crippen LogP contribution in [0.2, 0.25) is 0 Å². The minimum atomic E-state index is 0.958. The van der Waals surface area contributed by atoms with Crippen molar-refractivity contribution in [2.45, 2.75) is 12.8 Å². The first-order chi connectivity index (χ1) is 8.88. The van der Waals surface area contributed by atoms with Crippen LogP contribution in [0.15, 0.2) is 47.9 Å². The van der Waals surface area contributed by atoms with Gasteiger partial charge in [0.15, 0.2) is 0 Å². The third-order valence-electron chi connectivity index (χ3n) is 3.24. The maximum atomic E-state index is 4.88. The molecule has 0 saturated heterocycles. The quantitative estimate of drug-likeness (QED) is 0.754. The number of pyridine rings is 1. The molecule has 0 aliphatic heterocycles. The molecule has 2 aromatic rings. The Bertz CT molecular complexity index is 591. The number of aromatic nitrogens is 1. The molecule has 18 heavy (non-hydrogen) atoms. The summed E-state index contributed by atoms with van der Waals surface area (Å²) in [5.74, 6) is 0. The molecule has 0 radical (unpaired) electrons. The van der Waals surface area contributed by atoms with E-state index in [0.29, 0.717) is 0 Å². The third kappa shape index (κ3) is 1.88. The fourth-order valence-corrected chi connectivity index (χ4v) is 2.39. The number of oxime groups is 1. The lowest BCUT2D eigenvalue weighted by Gasteiger charge is -2.04. The lowest BCUT2D eigenvalue weighted by molar-refractivity contribution is 0.213. The van der Waals surface area contributed by atoms with Crippen molar-refractivity contribution in [3.63, 3.8) is 0 Å². The summed E-state index contributed by atoms with van der Waals surface area (Å²) in [4.78, 5) is 9.03. The summed E-state index contributed by atoms with van der Waals surface area (Å²) in [5.41, 5.74) is 5.96. The van der Waals surface area contributed by atoms with Crippen molar-refractivity contribution in [3.8, 4) is 11.1 Å². The summed E-state index contributed by atoms with van der Waals surface area (Å²) in [7, 11) is 1.59. The molecule has 90 valence electrons. The van der Waals surface area contributed by atoms with Crippen molar-refractivity contribution in [2.75, 3.05) is 7.11 Å². The molecule has 3 heteroatoms. The van der Waals surface area contributed by atoms with Crippen molar-refractivity contribution in [2.24, 2.45) is 5.16 Å². The van der Waals surface area contributed by atoms with Crippen LogP contribution in [0.5, 0.6) is 0 Å². The normalized spacial score (nSPS) is 15.7. The second-order valence-corrected chi connectivity index (χ2v) is 4.33. The first kappa shape index (κ1) is 11.0. The Hall–Kier alpha value is -2.16. The number of fused-ring (bicyclic) bond motifs is 1. The number of hydrogen-bond donors (Lipinski definition) is 0. The van der Waals surface area contributed by atoms with Gasteiger partial charge in [0.2, 0.25) is 0 Å². The van der Waals surface area contributed by atoms with Gasteiger partial charge in [0, 0.05) is 18.0 Å². The topological polar surface area (TPSA) is 34.5 Å². The van der Waals surface area contributed by atoms with E-state index in [9.17, 15) is 0 Å². The second-order valence-electron chi connectivity index (χ2n) is 4.33. The van der Waals surface area contributed by atoms with Gasteiger partial charge in [-0.15, -0.1) is 0 Å². The molecule has 1 aromatic heterocycles. The average Bonchev–Trinajstić information content (AvgIpc) is 2.83. The largest absolute Gasteiger partial charge is 0.399 e. The molecule has 0 fully saturated rings. The van der Waals surface area contributed by atoms with Crippen molar-refractivity contribution in [1.82, 2.24) is 4.98 Å². The van der Waals surface area contributed by atoms with E-state index in [0.717, 1.165) is 24.1 Å². The zero-order chi connectivity index (χ0) is 12.4. The highest BCUT2D eigenvalue weighted by Crippen LogP contribution is 2.28. The van der Waals surface area contributed by atoms with Gasteiger partial charge in [-0.25, -0.2) is 0 Å². The molecule has 1 aliphatic carbocycles. The lowest BCUT2D eigenvalue weighted by Crippen LogP contribution is -1.95. The molecule has 0 spiro atoms. The van der Waals surface area contributed by atoms with E-state index >= 15 is 0 Å².